The van der Waals surface area contributed by atoms with Crippen LogP contribution in [-0.4, -0.2) is 18.8 Å². The third-order valence-electron chi connectivity index (χ3n) is 0. The Kier molecular flexibility index (Phi) is 24.3. The topological polar surface area (TPSA) is 93.2 Å². The first-order chi connectivity index (χ1) is 1.73. The van der Waals surface area contributed by atoms with Gasteiger partial charge in [-0.3, -0.25) is 4.21 Å². The molecule has 0 aromatic rings. The molecule has 42 valence electrons. The molecule has 6 heteroatoms. The first kappa shape index (κ1) is 16.0. The molecular weight excluding hydrogens is 160 g/mol. The molecule has 0 aliphatic heterocycles. The molecule has 0 aliphatic rings. The maximum atomic E-state index is 8.44. The summed E-state index contributed by atoms with van der Waals surface area (Å²) in [6.45, 7) is 0. The summed E-state index contributed by atoms with van der Waals surface area (Å²) < 4.78 is 25.3. The number of hydrogen-bond donors (Lipinski definition) is 0. The fourth-order valence-corrected chi connectivity index (χ4v) is 0. The van der Waals surface area contributed by atoms with Crippen LogP contribution in [-0.2, 0) is 28.4 Å². The zero-order valence-corrected chi connectivity index (χ0v) is 4.14. The first-order valence-corrected chi connectivity index (χ1v) is 1.50. The summed E-state index contributed by atoms with van der Waals surface area (Å²) in [6, 6.07) is 0. The van der Waals surface area contributed by atoms with Crippen LogP contribution in [0, 0.1) is 0 Å². The summed E-state index contributed by atoms with van der Waals surface area (Å²) >= 11 is -3.11. The van der Waals surface area contributed by atoms with Crippen LogP contribution in [0.2, 0.25) is 0 Å². The van der Waals surface area contributed by atoms with Gasteiger partial charge < -0.3 is 14.6 Å². The molecule has 0 saturated heterocycles. The van der Waals surface area contributed by atoms with E-state index in [9.17, 15) is 0 Å². The van der Waals surface area contributed by atoms with Gasteiger partial charge in [0.25, 0.3) is 0 Å². The molecule has 0 fully saturated rings. The molecular formula is HCuO4S. The monoisotopic (exact) mass is 160 g/mol. The third kappa shape index (κ3) is 190. The minimum Gasteiger partial charge on any atom is -0.870 e. The molecule has 0 heterocycles. The Morgan fingerprint density at radius 1 is 1.33 bits per heavy atom. The van der Waals surface area contributed by atoms with Gasteiger partial charge in [0.1, 0.15) is 0 Å². The van der Waals surface area contributed by atoms with E-state index in [2.05, 4.69) is 0 Å². The second kappa shape index (κ2) is 9.12. The van der Waals surface area contributed by atoms with Crippen LogP contribution in [0.15, 0.2) is 0 Å². The summed E-state index contributed by atoms with van der Waals surface area (Å²) in [4.78, 5) is 0. The number of hydrogen-bond acceptors (Lipinski definition) is 4. The summed E-state index contributed by atoms with van der Waals surface area (Å²) in [5.74, 6) is 0. The van der Waals surface area contributed by atoms with Crippen LogP contribution < -0.4 is 0 Å². The average Bonchev–Trinajstić information content (AvgIpc) is 0.811. The smallest absolute Gasteiger partial charge is 0.870 e. The Hall–Kier alpha value is 0.549. The molecule has 0 radical (unpaired) electrons. The molecule has 0 unspecified atom stereocenters. The minimum absolute atomic E-state index is 0. The molecule has 0 spiro atoms. The molecule has 0 amide bonds. The Labute approximate surface area is 47.8 Å². The molecule has 0 atom stereocenters. The summed E-state index contributed by atoms with van der Waals surface area (Å²) in [7, 11) is 0. The fourth-order valence-electron chi connectivity index (χ4n) is 0. The van der Waals surface area contributed by atoms with E-state index in [1.54, 1.807) is 0 Å². The van der Waals surface area contributed by atoms with E-state index in [0.29, 0.717) is 0 Å². The maximum Gasteiger partial charge on any atom is 3.00 e. The van der Waals surface area contributed by atoms with Crippen molar-refractivity contribution in [2.75, 3.05) is 0 Å². The summed E-state index contributed by atoms with van der Waals surface area (Å²) in [5.41, 5.74) is 0. The van der Waals surface area contributed by atoms with E-state index >= 15 is 0 Å². The van der Waals surface area contributed by atoms with Crippen molar-refractivity contribution in [3.05, 3.63) is 0 Å². The van der Waals surface area contributed by atoms with E-state index < -0.39 is 11.4 Å². The molecule has 4 nitrogen and oxygen atoms in total. The molecule has 0 aromatic carbocycles. The largest absolute Gasteiger partial charge is 3.00 e. The van der Waals surface area contributed by atoms with Gasteiger partial charge in [-0.25, -0.2) is 0 Å². The Balaban J connectivity index is -0.0000000450. The number of rotatable bonds is 0. The van der Waals surface area contributed by atoms with Crippen molar-refractivity contribution in [3.63, 3.8) is 0 Å². The molecule has 1 N–H and O–H groups in total. The SMILES string of the molecule is O=S([O-])[O-].[Cu+3].[OH-]. The summed E-state index contributed by atoms with van der Waals surface area (Å²) in [6.07, 6.45) is 0. The van der Waals surface area contributed by atoms with Gasteiger partial charge in [-0.15, -0.1) is 11.4 Å². The zero-order chi connectivity index (χ0) is 3.58. The van der Waals surface area contributed by atoms with Gasteiger partial charge in [0.2, 0.25) is 0 Å². The van der Waals surface area contributed by atoms with Gasteiger partial charge in [0, 0.05) is 0 Å². The first-order valence-electron chi connectivity index (χ1n) is 0.500. The Morgan fingerprint density at radius 3 is 1.33 bits per heavy atom. The van der Waals surface area contributed by atoms with Crippen LogP contribution in [0.3, 0.4) is 0 Å². The fraction of sp³-hybridized carbons (Fsp3) is 0. The van der Waals surface area contributed by atoms with Gasteiger partial charge in [0.05, 0.1) is 0 Å². The van der Waals surface area contributed by atoms with Crippen molar-refractivity contribution in [1.82, 2.24) is 0 Å². The van der Waals surface area contributed by atoms with Gasteiger partial charge in [-0.05, 0) is 0 Å². The predicted octanol–water partition coefficient (Wildman–Crippen LogP) is -1.18. The van der Waals surface area contributed by atoms with Crippen LogP contribution in [0.1, 0.15) is 0 Å². The van der Waals surface area contributed by atoms with Crippen molar-refractivity contribution in [3.8, 4) is 0 Å². The van der Waals surface area contributed by atoms with Crippen molar-refractivity contribution in [2.45, 2.75) is 0 Å². The Bertz CT molecular complexity index is 30.5. The quantitative estimate of drug-likeness (QED) is 0.329. The average molecular weight is 161 g/mol. The van der Waals surface area contributed by atoms with E-state index in [-0.39, 0.29) is 22.5 Å². The molecule has 0 saturated carbocycles. The molecule has 6 heavy (non-hydrogen) atoms. The second-order valence-electron chi connectivity index (χ2n) is 0.204. The van der Waals surface area contributed by atoms with E-state index in [4.69, 9.17) is 13.3 Å². The maximum absolute atomic E-state index is 8.44. The van der Waals surface area contributed by atoms with E-state index in [0.717, 1.165) is 0 Å². The predicted molar refractivity (Wildman–Crippen MR) is 11.6 cm³/mol. The molecule has 0 aliphatic carbocycles. The summed E-state index contributed by atoms with van der Waals surface area (Å²) in [5, 5.41) is 0. The molecule has 0 aromatic heterocycles. The molecule has 0 rings (SSSR count). The van der Waals surface area contributed by atoms with Gasteiger partial charge in [-0.1, -0.05) is 0 Å². The minimum atomic E-state index is -3.11. The van der Waals surface area contributed by atoms with E-state index in [1.807, 2.05) is 0 Å². The van der Waals surface area contributed by atoms with Crippen LogP contribution in [0.4, 0.5) is 0 Å². The second-order valence-corrected chi connectivity index (χ2v) is 0.612. The van der Waals surface area contributed by atoms with Crippen LogP contribution in [0.5, 0.6) is 0 Å². The van der Waals surface area contributed by atoms with Crippen molar-refractivity contribution >= 4 is 11.4 Å². The van der Waals surface area contributed by atoms with Crippen LogP contribution in [0.25, 0.3) is 0 Å². The standard InChI is InChI=1S/Cu.H2O3S.H2O/c;1-4(2)3;/h;(H2,1,2,3);1H2/q+3;;/p-3. The Morgan fingerprint density at radius 2 is 1.33 bits per heavy atom. The van der Waals surface area contributed by atoms with Gasteiger partial charge in [0.15, 0.2) is 0 Å². The van der Waals surface area contributed by atoms with Crippen molar-refractivity contribution in [2.24, 2.45) is 0 Å². The van der Waals surface area contributed by atoms with Gasteiger partial charge in [-0.2, -0.15) is 0 Å². The van der Waals surface area contributed by atoms with E-state index in [1.165, 1.54) is 0 Å². The normalized spacial score (nSPS) is 5.83. The van der Waals surface area contributed by atoms with Gasteiger partial charge >= 0.3 is 17.1 Å². The van der Waals surface area contributed by atoms with Crippen molar-refractivity contribution < 1.29 is 35.9 Å². The molecule has 0 bridgehead atoms. The van der Waals surface area contributed by atoms with Crippen LogP contribution >= 0.6 is 0 Å². The van der Waals surface area contributed by atoms with Crippen molar-refractivity contribution in [1.29, 1.82) is 0 Å². The zero-order valence-electron chi connectivity index (χ0n) is 2.38. The third-order valence-corrected chi connectivity index (χ3v) is 0.